The molecule has 0 aliphatic carbocycles. The summed E-state index contributed by atoms with van der Waals surface area (Å²) in [4.78, 5) is 34.3. The Bertz CT molecular complexity index is 658. The van der Waals surface area contributed by atoms with E-state index >= 15 is 0 Å². The van der Waals surface area contributed by atoms with Crippen LogP contribution in [0.2, 0.25) is 0 Å². The molecular formula is C12H13N5O3S. The summed E-state index contributed by atoms with van der Waals surface area (Å²) in [6.07, 6.45) is 1.63. The maximum absolute atomic E-state index is 11.6. The van der Waals surface area contributed by atoms with E-state index in [2.05, 4.69) is 25.6 Å². The molecule has 0 fully saturated rings. The first-order valence-electron chi connectivity index (χ1n) is 6.02. The van der Waals surface area contributed by atoms with Crippen molar-refractivity contribution in [2.24, 2.45) is 0 Å². The SMILES string of the molecule is Cc1nccc(CNC(=O)NCc2nc(C(=O)O)cs2)n1. The van der Waals surface area contributed by atoms with Gasteiger partial charge in [-0.3, -0.25) is 0 Å². The van der Waals surface area contributed by atoms with E-state index < -0.39 is 5.97 Å². The Morgan fingerprint density at radius 1 is 1.29 bits per heavy atom. The highest BCUT2D eigenvalue weighted by Crippen LogP contribution is 2.09. The Morgan fingerprint density at radius 3 is 2.71 bits per heavy atom. The van der Waals surface area contributed by atoms with Gasteiger partial charge in [-0.15, -0.1) is 11.3 Å². The molecule has 0 atom stereocenters. The van der Waals surface area contributed by atoms with Crippen LogP contribution in [-0.4, -0.2) is 32.1 Å². The van der Waals surface area contributed by atoms with Crippen molar-refractivity contribution >= 4 is 23.3 Å². The van der Waals surface area contributed by atoms with Crippen molar-refractivity contribution in [3.8, 4) is 0 Å². The minimum absolute atomic E-state index is 0.0198. The van der Waals surface area contributed by atoms with E-state index in [0.29, 0.717) is 16.5 Å². The van der Waals surface area contributed by atoms with Crippen LogP contribution in [0.1, 0.15) is 27.0 Å². The Hall–Kier alpha value is -2.55. The lowest BCUT2D eigenvalue weighted by atomic mass is 10.4. The van der Waals surface area contributed by atoms with Crippen LogP contribution in [0.3, 0.4) is 0 Å². The van der Waals surface area contributed by atoms with Crippen LogP contribution in [-0.2, 0) is 13.1 Å². The average molecular weight is 307 g/mol. The number of hydrogen-bond acceptors (Lipinski definition) is 6. The zero-order valence-electron chi connectivity index (χ0n) is 11.2. The lowest BCUT2D eigenvalue weighted by molar-refractivity contribution is 0.0691. The van der Waals surface area contributed by atoms with Crippen LogP contribution in [0, 0.1) is 6.92 Å². The van der Waals surface area contributed by atoms with Gasteiger partial charge in [-0.1, -0.05) is 0 Å². The topological polar surface area (TPSA) is 117 Å². The molecule has 2 aromatic heterocycles. The zero-order chi connectivity index (χ0) is 15.2. The van der Waals surface area contributed by atoms with Gasteiger partial charge in [0, 0.05) is 11.6 Å². The van der Waals surface area contributed by atoms with Crippen LogP contribution in [0.25, 0.3) is 0 Å². The van der Waals surface area contributed by atoms with E-state index in [9.17, 15) is 9.59 Å². The smallest absolute Gasteiger partial charge is 0.355 e. The number of carboxylic acid groups (broad SMARTS) is 1. The van der Waals surface area contributed by atoms with Crippen molar-refractivity contribution in [2.45, 2.75) is 20.0 Å². The first-order chi connectivity index (χ1) is 10.0. The molecule has 0 saturated carbocycles. The number of nitrogens with zero attached hydrogens (tertiary/aromatic N) is 3. The average Bonchev–Trinajstić information content (AvgIpc) is 2.92. The van der Waals surface area contributed by atoms with Crippen LogP contribution < -0.4 is 10.6 Å². The van der Waals surface area contributed by atoms with E-state index in [-0.39, 0.29) is 24.8 Å². The molecule has 0 bridgehead atoms. The van der Waals surface area contributed by atoms with Gasteiger partial charge in [0.2, 0.25) is 0 Å². The number of urea groups is 1. The number of aryl methyl sites for hydroxylation is 1. The summed E-state index contributed by atoms with van der Waals surface area (Å²) in [5.74, 6) is -0.445. The third-order valence-electron chi connectivity index (χ3n) is 2.43. The van der Waals surface area contributed by atoms with Gasteiger partial charge in [0.1, 0.15) is 10.8 Å². The molecule has 0 saturated heterocycles. The summed E-state index contributed by atoms with van der Waals surface area (Å²) in [6, 6.07) is 1.34. The fourth-order valence-corrected chi connectivity index (χ4v) is 2.19. The molecule has 0 radical (unpaired) electrons. The van der Waals surface area contributed by atoms with Gasteiger partial charge in [0.15, 0.2) is 5.69 Å². The van der Waals surface area contributed by atoms with E-state index in [1.54, 1.807) is 19.2 Å². The summed E-state index contributed by atoms with van der Waals surface area (Å²) in [5.41, 5.74) is 0.689. The number of thiazole rings is 1. The fourth-order valence-electron chi connectivity index (χ4n) is 1.48. The van der Waals surface area contributed by atoms with Crippen LogP contribution in [0.4, 0.5) is 4.79 Å². The highest BCUT2D eigenvalue weighted by Gasteiger charge is 2.09. The molecule has 110 valence electrons. The van der Waals surface area contributed by atoms with Gasteiger partial charge in [0.05, 0.1) is 18.8 Å². The molecule has 9 heteroatoms. The van der Waals surface area contributed by atoms with Crippen LogP contribution in [0.15, 0.2) is 17.6 Å². The fraction of sp³-hybridized carbons (Fsp3) is 0.250. The maximum atomic E-state index is 11.6. The summed E-state index contributed by atoms with van der Waals surface area (Å²) < 4.78 is 0. The van der Waals surface area contributed by atoms with Crippen molar-refractivity contribution in [3.63, 3.8) is 0 Å². The quantitative estimate of drug-likeness (QED) is 0.756. The number of carbonyl (C=O) groups is 2. The zero-order valence-corrected chi connectivity index (χ0v) is 12.0. The Morgan fingerprint density at radius 2 is 2.05 bits per heavy atom. The Balaban J connectivity index is 1.78. The maximum Gasteiger partial charge on any atom is 0.355 e. The highest BCUT2D eigenvalue weighted by molar-refractivity contribution is 7.09. The number of hydrogen-bond donors (Lipinski definition) is 3. The molecule has 2 amide bonds. The van der Waals surface area contributed by atoms with Gasteiger partial charge in [-0.2, -0.15) is 0 Å². The molecule has 0 spiro atoms. The van der Waals surface area contributed by atoms with Gasteiger partial charge in [-0.25, -0.2) is 24.5 Å². The van der Waals surface area contributed by atoms with Crippen molar-refractivity contribution < 1.29 is 14.7 Å². The molecule has 0 aliphatic rings. The van der Waals surface area contributed by atoms with E-state index in [1.165, 1.54) is 16.7 Å². The van der Waals surface area contributed by atoms with Crippen molar-refractivity contribution in [3.05, 3.63) is 39.9 Å². The summed E-state index contributed by atoms with van der Waals surface area (Å²) in [5, 5.41) is 15.9. The second kappa shape index (κ2) is 6.75. The molecule has 8 nitrogen and oxygen atoms in total. The molecule has 0 aromatic carbocycles. The summed E-state index contributed by atoms with van der Waals surface area (Å²) in [6.45, 7) is 2.23. The minimum Gasteiger partial charge on any atom is -0.476 e. The number of carbonyl (C=O) groups excluding carboxylic acids is 1. The highest BCUT2D eigenvalue weighted by atomic mass is 32.1. The van der Waals surface area contributed by atoms with E-state index in [1.807, 2.05) is 0 Å². The standard InChI is InChI=1S/C12H13N5O3S/c1-7-13-3-2-8(16-7)4-14-12(20)15-5-10-17-9(6-21-10)11(18)19/h2-3,6H,4-5H2,1H3,(H,18,19)(H2,14,15,20). The monoisotopic (exact) mass is 307 g/mol. The number of rotatable bonds is 5. The van der Waals surface area contributed by atoms with Gasteiger partial charge in [0.25, 0.3) is 0 Å². The molecule has 21 heavy (non-hydrogen) atoms. The first kappa shape index (κ1) is 14.9. The molecule has 2 aromatic rings. The summed E-state index contributed by atoms with van der Waals surface area (Å²) in [7, 11) is 0. The number of carboxylic acids is 1. The Labute approximate surface area is 124 Å². The van der Waals surface area contributed by atoms with Crippen molar-refractivity contribution in [1.29, 1.82) is 0 Å². The molecular weight excluding hydrogens is 294 g/mol. The number of nitrogens with one attached hydrogen (secondary N) is 2. The van der Waals surface area contributed by atoms with Crippen LogP contribution in [0.5, 0.6) is 0 Å². The normalized spacial score (nSPS) is 10.1. The lowest BCUT2D eigenvalue weighted by Gasteiger charge is -2.06. The molecule has 0 aliphatic heterocycles. The van der Waals surface area contributed by atoms with Crippen molar-refractivity contribution in [2.75, 3.05) is 0 Å². The predicted octanol–water partition coefficient (Wildman–Crippen LogP) is 0.939. The molecule has 2 rings (SSSR count). The number of amides is 2. The second-order valence-corrected chi connectivity index (χ2v) is 5.01. The third kappa shape index (κ3) is 4.49. The first-order valence-corrected chi connectivity index (χ1v) is 6.90. The molecule has 2 heterocycles. The number of aromatic carboxylic acids is 1. The van der Waals surface area contributed by atoms with Gasteiger partial charge in [-0.05, 0) is 13.0 Å². The second-order valence-electron chi connectivity index (χ2n) is 4.06. The predicted molar refractivity (Wildman–Crippen MR) is 74.9 cm³/mol. The largest absolute Gasteiger partial charge is 0.476 e. The van der Waals surface area contributed by atoms with Crippen molar-refractivity contribution in [1.82, 2.24) is 25.6 Å². The third-order valence-corrected chi connectivity index (χ3v) is 3.28. The van der Waals surface area contributed by atoms with E-state index in [4.69, 9.17) is 5.11 Å². The molecule has 3 N–H and O–H groups in total. The van der Waals surface area contributed by atoms with Gasteiger partial charge < -0.3 is 15.7 Å². The lowest BCUT2D eigenvalue weighted by Crippen LogP contribution is -2.34. The Kier molecular flexibility index (Phi) is 4.77. The summed E-state index contributed by atoms with van der Waals surface area (Å²) >= 11 is 1.18. The van der Waals surface area contributed by atoms with Crippen LogP contribution >= 0.6 is 11.3 Å². The van der Waals surface area contributed by atoms with E-state index in [0.717, 1.165) is 0 Å². The van der Waals surface area contributed by atoms with Gasteiger partial charge >= 0.3 is 12.0 Å². The molecule has 0 unspecified atom stereocenters. The minimum atomic E-state index is -1.08. The number of aromatic nitrogens is 3.